The van der Waals surface area contributed by atoms with E-state index in [1.165, 1.54) is 19.2 Å². The highest BCUT2D eigenvalue weighted by atomic mass is 19.1. The van der Waals surface area contributed by atoms with Gasteiger partial charge in [0.15, 0.2) is 12.9 Å². The Labute approximate surface area is 224 Å². The Morgan fingerprint density at radius 1 is 0.974 bits per heavy atom. The van der Waals surface area contributed by atoms with E-state index in [0.29, 0.717) is 23.1 Å². The van der Waals surface area contributed by atoms with Gasteiger partial charge in [-0.15, -0.1) is 0 Å². The van der Waals surface area contributed by atoms with E-state index in [2.05, 4.69) is 5.73 Å². The molecule has 39 heavy (non-hydrogen) atoms. The number of aliphatic carboxylic acids is 1. The van der Waals surface area contributed by atoms with Gasteiger partial charge in [0.25, 0.3) is 0 Å². The van der Waals surface area contributed by atoms with Gasteiger partial charge in [-0.3, -0.25) is 9.59 Å². The summed E-state index contributed by atoms with van der Waals surface area (Å²) < 4.78 is 21.0. The van der Waals surface area contributed by atoms with Crippen LogP contribution in [0.5, 0.6) is 5.75 Å². The molecule has 198 valence electrons. The van der Waals surface area contributed by atoms with Crippen LogP contribution in [-0.2, 0) is 16.1 Å². The lowest BCUT2D eigenvalue weighted by atomic mass is 10.0. The lowest BCUT2D eigenvalue weighted by Crippen LogP contribution is -2.10. The predicted octanol–water partition coefficient (Wildman–Crippen LogP) is 5.38. The second-order valence-corrected chi connectivity index (χ2v) is 8.74. The van der Waals surface area contributed by atoms with E-state index in [4.69, 9.17) is 4.74 Å². The number of nitrogens with zero attached hydrogens (tertiary/aromatic N) is 1. The Morgan fingerprint density at radius 3 is 2.38 bits per heavy atom. The fourth-order valence-electron chi connectivity index (χ4n) is 4.79. The van der Waals surface area contributed by atoms with E-state index in [0.717, 1.165) is 27.5 Å². The average Bonchev–Trinajstić information content (AvgIpc) is 3.25. The predicted molar refractivity (Wildman–Crippen MR) is 149 cm³/mol. The fourth-order valence-corrected chi connectivity index (χ4v) is 4.79. The van der Waals surface area contributed by atoms with Crippen LogP contribution < -0.4 is 10.5 Å². The first kappa shape index (κ1) is 27.2. The van der Waals surface area contributed by atoms with Crippen LogP contribution in [0, 0.1) is 12.7 Å². The van der Waals surface area contributed by atoms with Gasteiger partial charge < -0.3 is 20.1 Å². The van der Waals surface area contributed by atoms with Gasteiger partial charge in [0, 0.05) is 17.6 Å². The molecule has 0 radical (unpaired) electrons. The zero-order chi connectivity index (χ0) is 28.1. The van der Waals surface area contributed by atoms with E-state index < -0.39 is 18.4 Å². The Bertz CT molecular complexity index is 1690. The number of hydrogen-bond acceptors (Lipinski definition) is 5. The van der Waals surface area contributed by atoms with Crippen LogP contribution in [0.1, 0.15) is 21.6 Å². The Kier molecular flexibility index (Phi) is 8.17. The first-order valence-electron chi connectivity index (χ1n) is 12.2. The summed E-state index contributed by atoms with van der Waals surface area (Å²) in [5, 5.41) is 11.2. The number of ketones is 1. The molecule has 3 N–H and O–H groups in total. The van der Waals surface area contributed by atoms with Crippen LogP contribution in [0.3, 0.4) is 0 Å². The molecule has 0 amide bonds. The second kappa shape index (κ2) is 11.7. The third-order valence-corrected chi connectivity index (χ3v) is 6.42. The van der Waals surface area contributed by atoms with E-state index >= 15 is 0 Å². The monoisotopic (exact) mass is 526 g/mol. The van der Waals surface area contributed by atoms with Crippen LogP contribution in [0.15, 0.2) is 78.9 Å². The van der Waals surface area contributed by atoms with Gasteiger partial charge in [-0.05, 0) is 60.3 Å². The number of ether oxygens (including phenoxy) is 1. The fraction of sp³-hybridized carbons (Fsp3) is 0.129. The van der Waals surface area contributed by atoms with Crippen LogP contribution in [0.25, 0.3) is 32.8 Å². The Morgan fingerprint density at radius 2 is 1.69 bits per heavy atom. The molecular weight excluding hydrogens is 499 g/mol. The molecule has 0 aliphatic rings. The number of fused-ring (bicyclic) bond motifs is 3. The Hall–Kier alpha value is -4.82. The number of aromatic nitrogens is 1. The third kappa shape index (κ3) is 5.42. The molecule has 4 aromatic carbocycles. The summed E-state index contributed by atoms with van der Waals surface area (Å²) in [5.74, 6) is -1.95. The maximum absolute atomic E-state index is 13.4. The molecule has 7 nitrogen and oxygen atoms in total. The summed E-state index contributed by atoms with van der Waals surface area (Å²) in [7, 11) is 1.50. The zero-order valence-corrected chi connectivity index (χ0v) is 21.5. The van der Waals surface area contributed by atoms with Gasteiger partial charge in [0.1, 0.15) is 11.6 Å². The summed E-state index contributed by atoms with van der Waals surface area (Å²) in [6.45, 7) is 1.54. The highest BCUT2D eigenvalue weighted by Crippen LogP contribution is 2.40. The maximum atomic E-state index is 13.4. The number of carboxylic acid groups (broad SMARTS) is 1. The van der Waals surface area contributed by atoms with Crippen molar-refractivity contribution in [3.05, 3.63) is 102 Å². The van der Waals surface area contributed by atoms with Crippen molar-refractivity contribution in [1.82, 2.24) is 4.57 Å². The number of halogens is 1. The SMILES string of the molecule is CN.Cc1c(C(=O)C=O)c2c(OCC(=O)O)cc3ccccc3c2n1Cc1cccc(-c2ccc(F)cc2)c1. The summed E-state index contributed by atoms with van der Waals surface area (Å²) in [4.78, 5) is 35.7. The van der Waals surface area contributed by atoms with Gasteiger partial charge >= 0.3 is 5.97 Å². The Balaban J connectivity index is 0.00000172. The van der Waals surface area contributed by atoms with Crippen LogP contribution >= 0.6 is 0 Å². The standard InChI is InChI=1S/C30H22FNO5.CH5N/c1-18-28(25(34)16-33)29-26(37-17-27(35)36)14-22-6-2-3-8-24(22)30(29)32(18)15-19-5-4-7-21(13-19)20-9-11-23(31)12-10-20;1-2/h2-14,16H,15,17H2,1H3,(H,35,36);2H2,1H3. The summed E-state index contributed by atoms with van der Waals surface area (Å²) in [6.07, 6.45) is 0.261. The van der Waals surface area contributed by atoms with Crippen molar-refractivity contribution in [2.45, 2.75) is 13.5 Å². The van der Waals surface area contributed by atoms with Crippen molar-refractivity contribution in [3.8, 4) is 16.9 Å². The molecule has 0 saturated carbocycles. The van der Waals surface area contributed by atoms with Crippen LogP contribution in [0.2, 0.25) is 0 Å². The molecular formula is C31H27FN2O5. The van der Waals surface area contributed by atoms with Gasteiger partial charge in [-0.1, -0.05) is 54.6 Å². The molecule has 0 fully saturated rings. The van der Waals surface area contributed by atoms with Crippen molar-refractivity contribution in [2.75, 3.05) is 13.7 Å². The van der Waals surface area contributed by atoms with Crippen molar-refractivity contribution < 1.29 is 28.6 Å². The molecule has 0 atom stereocenters. The van der Waals surface area contributed by atoms with E-state index in [1.807, 2.05) is 53.1 Å². The first-order chi connectivity index (χ1) is 18.9. The maximum Gasteiger partial charge on any atom is 0.341 e. The molecule has 8 heteroatoms. The number of aldehydes is 1. The lowest BCUT2D eigenvalue weighted by Gasteiger charge is -2.13. The number of rotatable bonds is 8. The molecule has 1 aromatic heterocycles. The normalized spacial score (nSPS) is 10.7. The molecule has 1 heterocycles. The number of carbonyl (C=O) groups is 3. The van der Waals surface area contributed by atoms with Crippen molar-refractivity contribution in [1.29, 1.82) is 0 Å². The quantitative estimate of drug-likeness (QED) is 0.160. The topological polar surface area (TPSA) is 112 Å². The summed E-state index contributed by atoms with van der Waals surface area (Å²) >= 11 is 0. The van der Waals surface area contributed by atoms with E-state index in [9.17, 15) is 23.9 Å². The average molecular weight is 527 g/mol. The number of benzene rings is 4. The molecule has 5 rings (SSSR count). The lowest BCUT2D eigenvalue weighted by molar-refractivity contribution is -0.139. The van der Waals surface area contributed by atoms with Crippen LogP contribution in [-0.4, -0.2) is 41.4 Å². The molecule has 0 unspecified atom stereocenters. The van der Waals surface area contributed by atoms with Crippen molar-refractivity contribution >= 4 is 39.7 Å². The number of hydrogen-bond donors (Lipinski definition) is 2. The number of carbonyl (C=O) groups excluding carboxylic acids is 2. The van der Waals surface area contributed by atoms with Crippen LogP contribution in [0.4, 0.5) is 4.39 Å². The number of carboxylic acids is 1. The van der Waals surface area contributed by atoms with Gasteiger partial charge in [0.05, 0.1) is 16.5 Å². The minimum atomic E-state index is -1.15. The molecule has 0 aliphatic heterocycles. The minimum absolute atomic E-state index is 0.186. The largest absolute Gasteiger partial charge is 0.481 e. The first-order valence-corrected chi connectivity index (χ1v) is 12.2. The van der Waals surface area contributed by atoms with Gasteiger partial charge in [-0.2, -0.15) is 0 Å². The summed E-state index contributed by atoms with van der Waals surface area (Å²) in [6, 6.07) is 23.3. The zero-order valence-electron chi connectivity index (χ0n) is 21.5. The summed E-state index contributed by atoms with van der Waals surface area (Å²) in [5.41, 5.74) is 8.62. The van der Waals surface area contributed by atoms with Crippen molar-refractivity contribution in [3.63, 3.8) is 0 Å². The molecule has 0 aliphatic carbocycles. The number of nitrogens with two attached hydrogens (primary N) is 1. The minimum Gasteiger partial charge on any atom is -0.481 e. The highest BCUT2D eigenvalue weighted by Gasteiger charge is 2.25. The van der Waals surface area contributed by atoms with E-state index in [-0.39, 0.29) is 23.4 Å². The number of Topliss-reactive ketones (excluding diaryl/α,β-unsaturated/α-hetero) is 1. The smallest absolute Gasteiger partial charge is 0.341 e. The van der Waals surface area contributed by atoms with Gasteiger partial charge in [0.2, 0.25) is 5.78 Å². The molecule has 5 aromatic rings. The van der Waals surface area contributed by atoms with Gasteiger partial charge in [-0.25, -0.2) is 9.18 Å². The third-order valence-electron chi connectivity index (χ3n) is 6.42. The highest BCUT2D eigenvalue weighted by molar-refractivity contribution is 6.38. The van der Waals surface area contributed by atoms with E-state index in [1.54, 1.807) is 25.1 Å². The molecule has 0 saturated heterocycles. The van der Waals surface area contributed by atoms with Crippen molar-refractivity contribution in [2.24, 2.45) is 5.73 Å². The molecule has 0 bridgehead atoms. The second-order valence-electron chi connectivity index (χ2n) is 8.74. The molecule has 0 spiro atoms.